The molecule has 98 valence electrons. The number of para-hydroxylation sites is 1. The lowest BCUT2D eigenvalue weighted by molar-refractivity contribution is 0.436. The number of fused-ring (bicyclic) bond motifs is 3. The Hall–Kier alpha value is -1.79. The van der Waals surface area contributed by atoms with Crippen LogP contribution in [0.15, 0.2) is 24.3 Å². The molecule has 0 spiro atoms. The first kappa shape index (κ1) is 12.3. The maximum atomic E-state index is 8.88. The predicted molar refractivity (Wildman–Crippen MR) is 76.8 cm³/mol. The van der Waals surface area contributed by atoms with Gasteiger partial charge < -0.3 is 10.3 Å². The first-order chi connectivity index (χ1) is 9.29. The quantitative estimate of drug-likeness (QED) is 0.881. The highest BCUT2D eigenvalue weighted by atomic mass is 15.0. The van der Waals surface area contributed by atoms with Gasteiger partial charge in [0.05, 0.1) is 12.0 Å². The van der Waals surface area contributed by atoms with Crippen molar-refractivity contribution in [1.29, 1.82) is 5.26 Å². The van der Waals surface area contributed by atoms with Gasteiger partial charge in [-0.05, 0) is 37.8 Å². The van der Waals surface area contributed by atoms with Crippen molar-refractivity contribution in [3.05, 3.63) is 35.5 Å². The maximum Gasteiger partial charge on any atom is 0.0666 e. The lowest BCUT2D eigenvalue weighted by Gasteiger charge is -2.24. The molecule has 19 heavy (non-hydrogen) atoms. The molecule has 0 radical (unpaired) electrons. The van der Waals surface area contributed by atoms with Gasteiger partial charge in [0.1, 0.15) is 0 Å². The zero-order chi connectivity index (χ0) is 13.2. The molecule has 1 aliphatic rings. The number of aryl methyl sites for hydroxylation is 1. The maximum absolute atomic E-state index is 8.88. The van der Waals surface area contributed by atoms with E-state index in [4.69, 9.17) is 5.26 Å². The summed E-state index contributed by atoms with van der Waals surface area (Å²) < 4.78 is 0. The van der Waals surface area contributed by atoms with Crippen LogP contribution in [0.4, 0.5) is 0 Å². The third-order valence-corrected chi connectivity index (χ3v) is 4.01. The normalized spacial score (nSPS) is 19.9. The number of hydrogen-bond acceptors (Lipinski definition) is 2. The smallest absolute Gasteiger partial charge is 0.0666 e. The first-order valence-corrected chi connectivity index (χ1v) is 7.02. The average Bonchev–Trinajstić information content (AvgIpc) is 2.84. The van der Waals surface area contributed by atoms with Gasteiger partial charge >= 0.3 is 0 Å². The summed E-state index contributed by atoms with van der Waals surface area (Å²) in [7, 11) is 0. The van der Waals surface area contributed by atoms with Crippen LogP contribution in [0.25, 0.3) is 10.9 Å². The van der Waals surface area contributed by atoms with Crippen molar-refractivity contribution in [1.82, 2.24) is 10.3 Å². The number of nitrogens with zero attached hydrogens (tertiary/aromatic N) is 1. The Morgan fingerprint density at radius 1 is 1.47 bits per heavy atom. The van der Waals surface area contributed by atoms with Crippen LogP contribution in [0.5, 0.6) is 0 Å². The molecule has 0 saturated heterocycles. The molecule has 1 aromatic heterocycles. The Morgan fingerprint density at radius 2 is 2.32 bits per heavy atom. The minimum Gasteiger partial charge on any atom is -0.357 e. The van der Waals surface area contributed by atoms with Crippen molar-refractivity contribution >= 4 is 10.9 Å². The van der Waals surface area contributed by atoms with Crippen LogP contribution in [0.3, 0.4) is 0 Å². The van der Waals surface area contributed by atoms with Crippen LogP contribution in [0.1, 0.15) is 37.1 Å². The van der Waals surface area contributed by atoms with E-state index in [-0.39, 0.29) is 5.92 Å². The van der Waals surface area contributed by atoms with Crippen molar-refractivity contribution in [3.8, 4) is 6.07 Å². The zero-order valence-electron chi connectivity index (χ0n) is 11.2. The molecular weight excluding hydrogens is 234 g/mol. The minimum atomic E-state index is 0.0646. The fraction of sp³-hybridized carbons (Fsp3) is 0.438. The molecule has 1 aromatic carbocycles. The predicted octanol–water partition coefficient (Wildman–Crippen LogP) is 3.29. The van der Waals surface area contributed by atoms with E-state index in [0.717, 1.165) is 19.4 Å². The Morgan fingerprint density at radius 3 is 3.16 bits per heavy atom. The molecule has 2 N–H and O–H groups in total. The van der Waals surface area contributed by atoms with Crippen LogP contribution >= 0.6 is 0 Å². The Labute approximate surface area is 113 Å². The van der Waals surface area contributed by atoms with Gasteiger partial charge in [-0.2, -0.15) is 5.26 Å². The molecule has 3 rings (SSSR count). The van der Waals surface area contributed by atoms with Gasteiger partial charge in [0, 0.05) is 29.2 Å². The summed E-state index contributed by atoms with van der Waals surface area (Å²) in [5.41, 5.74) is 4.02. The van der Waals surface area contributed by atoms with Crippen molar-refractivity contribution in [2.75, 3.05) is 6.54 Å². The molecule has 0 amide bonds. The molecule has 0 aliphatic heterocycles. The highest BCUT2D eigenvalue weighted by Crippen LogP contribution is 2.34. The molecule has 3 nitrogen and oxygen atoms in total. The number of aromatic amines is 1. The van der Waals surface area contributed by atoms with Crippen molar-refractivity contribution in [3.63, 3.8) is 0 Å². The largest absolute Gasteiger partial charge is 0.357 e. The molecule has 0 saturated carbocycles. The van der Waals surface area contributed by atoms with Gasteiger partial charge in [-0.1, -0.05) is 18.2 Å². The molecule has 0 bridgehead atoms. The summed E-state index contributed by atoms with van der Waals surface area (Å²) in [6, 6.07) is 11.2. The van der Waals surface area contributed by atoms with Gasteiger partial charge in [0.2, 0.25) is 0 Å². The second-order valence-corrected chi connectivity index (χ2v) is 5.45. The first-order valence-electron chi connectivity index (χ1n) is 7.02. The lowest BCUT2D eigenvalue weighted by Crippen LogP contribution is -2.28. The number of H-pyrrole nitrogens is 1. The standard InChI is InChI=1S/C16H19N3/c1-11(9-17)10-18-15-8-4-6-13-12-5-2-3-7-14(12)19-16(13)15/h2-3,5,7,11,15,18-19H,4,6,8,10H2,1H3. The van der Waals surface area contributed by atoms with Crippen LogP contribution in [0, 0.1) is 17.2 Å². The Kier molecular flexibility index (Phi) is 3.27. The lowest BCUT2D eigenvalue weighted by atomic mass is 9.91. The van der Waals surface area contributed by atoms with E-state index in [0.29, 0.717) is 6.04 Å². The number of aromatic nitrogens is 1. The van der Waals surface area contributed by atoms with Crippen molar-refractivity contribution < 1.29 is 0 Å². The number of nitrogens with one attached hydrogen (secondary N) is 2. The second kappa shape index (κ2) is 5.07. The number of rotatable bonds is 3. The molecule has 2 unspecified atom stereocenters. The number of benzene rings is 1. The fourth-order valence-electron chi connectivity index (χ4n) is 2.98. The van der Waals surface area contributed by atoms with Crippen LogP contribution in [-0.2, 0) is 6.42 Å². The van der Waals surface area contributed by atoms with Crippen LogP contribution in [0.2, 0.25) is 0 Å². The Balaban J connectivity index is 1.90. The van der Waals surface area contributed by atoms with Crippen molar-refractivity contribution in [2.24, 2.45) is 5.92 Å². The topological polar surface area (TPSA) is 51.6 Å². The summed E-state index contributed by atoms with van der Waals surface area (Å²) in [5, 5.41) is 13.8. The summed E-state index contributed by atoms with van der Waals surface area (Å²) >= 11 is 0. The SMILES string of the molecule is CC(C#N)CNC1CCCc2c1[nH]c1ccccc21. The molecule has 2 aromatic rings. The molecule has 2 atom stereocenters. The number of hydrogen-bond donors (Lipinski definition) is 2. The summed E-state index contributed by atoms with van der Waals surface area (Å²) in [4.78, 5) is 3.56. The van der Waals surface area contributed by atoms with E-state index in [1.165, 1.54) is 28.6 Å². The third kappa shape index (κ3) is 2.24. The Bertz CT molecular complexity index is 620. The zero-order valence-corrected chi connectivity index (χ0v) is 11.2. The van der Waals surface area contributed by atoms with Gasteiger partial charge in [0.15, 0.2) is 0 Å². The molecule has 1 aliphatic carbocycles. The van der Waals surface area contributed by atoms with E-state index in [2.05, 4.69) is 40.6 Å². The highest BCUT2D eigenvalue weighted by Gasteiger charge is 2.23. The van der Waals surface area contributed by atoms with Gasteiger partial charge in [-0.25, -0.2) is 0 Å². The fourth-order valence-corrected chi connectivity index (χ4v) is 2.98. The second-order valence-electron chi connectivity index (χ2n) is 5.45. The summed E-state index contributed by atoms with van der Waals surface area (Å²) in [6.07, 6.45) is 3.52. The van der Waals surface area contributed by atoms with Crippen LogP contribution in [-0.4, -0.2) is 11.5 Å². The molecular formula is C16H19N3. The summed E-state index contributed by atoms with van der Waals surface area (Å²) in [6.45, 7) is 2.72. The average molecular weight is 253 g/mol. The van der Waals surface area contributed by atoms with Crippen LogP contribution < -0.4 is 5.32 Å². The van der Waals surface area contributed by atoms with Crippen molar-refractivity contribution in [2.45, 2.75) is 32.2 Å². The monoisotopic (exact) mass is 253 g/mol. The highest BCUT2D eigenvalue weighted by molar-refractivity contribution is 5.85. The summed E-state index contributed by atoms with van der Waals surface area (Å²) in [5.74, 6) is 0.0646. The molecule has 3 heteroatoms. The van der Waals surface area contributed by atoms with Gasteiger partial charge in [-0.3, -0.25) is 0 Å². The van der Waals surface area contributed by atoms with Gasteiger partial charge in [0.25, 0.3) is 0 Å². The minimum absolute atomic E-state index is 0.0646. The van der Waals surface area contributed by atoms with E-state index in [9.17, 15) is 0 Å². The third-order valence-electron chi connectivity index (χ3n) is 4.01. The molecule has 0 fully saturated rings. The van der Waals surface area contributed by atoms with E-state index < -0.39 is 0 Å². The van der Waals surface area contributed by atoms with E-state index in [1.807, 2.05) is 6.92 Å². The number of nitriles is 1. The molecule has 1 heterocycles. The van der Waals surface area contributed by atoms with E-state index >= 15 is 0 Å². The van der Waals surface area contributed by atoms with Gasteiger partial charge in [-0.15, -0.1) is 0 Å². The van der Waals surface area contributed by atoms with E-state index in [1.54, 1.807) is 0 Å².